The Labute approximate surface area is 111 Å². The Morgan fingerprint density at radius 2 is 1.83 bits per heavy atom. The van der Waals surface area contributed by atoms with Crippen LogP contribution in [0.25, 0.3) is 0 Å². The number of rotatable bonds is 5. The van der Waals surface area contributed by atoms with Crippen LogP contribution in [-0.2, 0) is 0 Å². The molecule has 1 aromatic rings. The van der Waals surface area contributed by atoms with Crippen LogP contribution in [0.1, 0.15) is 34.1 Å². The summed E-state index contributed by atoms with van der Waals surface area (Å²) in [5.41, 5.74) is 1.14. The Morgan fingerprint density at radius 1 is 1.17 bits per heavy atom. The van der Waals surface area contributed by atoms with E-state index in [1.165, 1.54) is 0 Å². The van der Waals surface area contributed by atoms with Crippen LogP contribution < -0.4 is 10.1 Å². The van der Waals surface area contributed by atoms with Crippen molar-refractivity contribution in [2.75, 3.05) is 18.5 Å². The summed E-state index contributed by atoms with van der Waals surface area (Å²) < 4.78 is 5.52. The van der Waals surface area contributed by atoms with E-state index in [2.05, 4.69) is 44.9 Å². The molecule has 2 nitrogen and oxygen atoms in total. The highest BCUT2D eigenvalue weighted by molar-refractivity contribution is 5.47. The van der Waals surface area contributed by atoms with Gasteiger partial charge in [-0.2, -0.15) is 0 Å². The average molecular weight is 245 g/mol. The minimum Gasteiger partial charge on any atom is -0.494 e. The van der Waals surface area contributed by atoms with Crippen molar-refractivity contribution in [3.63, 3.8) is 0 Å². The smallest absolute Gasteiger partial charge is 0.119 e. The zero-order chi connectivity index (χ0) is 13.4. The van der Waals surface area contributed by atoms with Crippen molar-refractivity contribution in [2.24, 2.45) is 5.41 Å². The molecule has 0 saturated heterocycles. The summed E-state index contributed by atoms with van der Waals surface area (Å²) in [5, 5.41) is 3.27. The quantitative estimate of drug-likeness (QED) is 0.793. The first kappa shape index (κ1) is 14.4. The van der Waals surface area contributed by atoms with Crippen molar-refractivity contribution in [3.05, 3.63) is 24.3 Å². The zero-order valence-corrected chi connectivity index (χ0v) is 11.8. The van der Waals surface area contributed by atoms with E-state index in [0.717, 1.165) is 24.5 Å². The molecule has 0 amide bonds. The van der Waals surface area contributed by atoms with E-state index in [1.54, 1.807) is 0 Å². The van der Waals surface area contributed by atoms with E-state index in [0.29, 0.717) is 6.54 Å². The summed E-state index contributed by atoms with van der Waals surface area (Å²) in [4.78, 5) is 0. The fraction of sp³-hybridized carbons (Fsp3) is 0.500. The van der Waals surface area contributed by atoms with Crippen LogP contribution in [-0.4, -0.2) is 13.2 Å². The summed E-state index contributed by atoms with van der Waals surface area (Å²) in [7, 11) is 0. The molecule has 0 saturated carbocycles. The van der Waals surface area contributed by atoms with E-state index in [-0.39, 0.29) is 5.41 Å². The van der Waals surface area contributed by atoms with Crippen molar-refractivity contribution in [1.29, 1.82) is 0 Å². The Bertz CT molecular complexity index is 403. The molecule has 1 aromatic carbocycles. The third-order valence-electron chi connectivity index (χ3n) is 2.17. The Hall–Kier alpha value is -1.62. The summed E-state index contributed by atoms with van der Waals surface area (Å²) >= 11 is 0. The van der Waals surface area contributed by atoms with Crippen LogP contribution in [0.3, 0.4) is 0 Å². The minimum absolute atomic E-state index is 0.0690. The molecule has 1 N–H and O–H groups in total. The molecular formula is C16H23NO. The summed E-state index contributed by atoms with van der Waals surface area (Å²) in [5.74, 6) is 7.24. The molecule has 98 valence electrons. The van der Waals surface area contributed by atoms with Gasteiger partial charge in [0.15, 0.2) is 0 Å². The largest absolute Gasteiger partial charge is 0.494 e. The molecule has 0 aliphatic heterocycles. The Kier molecular flexibility index (Phi) is 5.58. The van der Waals surface area contributed by atoms with Gasteiger partial charge in [0.05, 0.1) is 13.2 Å². The first-order chi connectivity index (χ1) is 8.51. The first-order valence-electron chi connectivity index (χ1n) is 6.48. The van der Waals surface area contributed by atoms with Crippen LogP contribution in [0.15, 0.2) is 24.3 Å². The predicted octanol–water partition coefficient (Wildman–Crippen LogP) is 3.94. The molecule has 0 atom stereocenters. The second kappa shape index (κ2) is 6.96. The van der Waals surface area contributed by atoms with E-state index < -0.39 is 0 Å². The van der Waals surface area contributed by atoms with Crippen molar-refractivity contribution in [1.82, 2.24) is 0 Å². The SMILES string of the molecule is CCCOc1ccc(NCC#CC(C)(C)C)cc1. The van der Waals surface area contributed by atoms with Gasteiger partial charge < -0.3 is 10.1 Å². The van der Waals surface area contributed by atoms with Crippen molar-refractivity contribution in [2.45, 2.75) is 34.1 Å². The number of anilines is 1. The lowest BCUT2D eigenvalue weighted by Gasteiger charge is -2.08. The number of nitrogens with one attached hydrogen (secondary N) is 1. The zero-order valence-electron chi connectivity index (χ0n) is 11.8. The lowest BCUT2D eigenvalue weighted by Crippen LogP contribution is -2.03. The highest BCUT2D eigenvalue weighted by Gasteiger charge is 2.02. The lowest BCUT2D eigenvalue weighted by atomic mass is 9.98. The van der Waals surface area contributed by atoms with E-state index in [1.807, 2.05) is 24.3 Å². The molecule has 0 heterocycles. The first-order valence-corrected chi connectivity index (χ1v) is 6.48. The molecule has 0 spiro atoms. The molecule has 0 bridgehead atoms. The topological polar surface area (TPSA) is 21.3 Å². The van der Waals surface area contributed by atoms with Gasteiger partial charge in [-0.1, -0.05) is 18.8 Å². The Balaban J connectivity index is 2.41. The maximum atomic E-state index is 5.52. The van der Waals surface area contributed by atoms with Gasteiger partial charge in [0, 0.05) is 11.1 Å². The minimum atomic E-state index is 0.0690. The van der Waals surface area contributed by atoms with Crippen LogP contribution >= 0.6 is 0 Å². The highest BCUT2D eigenvalue weighted by atomic mass is 16.5. The van der Waals surface area contributed by atoms with Gasteiger partial charge in [0.1, 0.15) is 5.75 Å². The fourth-order valence-corrected chi connectivity index (χ4v) is 1.34. The van der Waals surface area contributed by atoms with Crippen LogP contribution in [0, 0.1) is 17.3 Å². The molecule has 18 heavy (non-hydrogen) atoms. The van der Waals surface area contributed by atoms with Crippen LogP contribution in [0.4, 0.5) is 5.69 Å². The summed E-state index contributed by atoms with van der Waals surface area (Å²) in [6.07, 6.45) is 1.03. The van der Waals surface area contributed by atoms with Gasteiger partial charge in [0.2, 0.25) is 0 Å². The monoisotopic (exact) mass is 245 g/mol. The van der Waals surface area contributed by atoms with E-state index >= 15 is 0 Å². The summed E-state index contributed by atoms with van der Waals surface area (Å²) in [6.45, 7) is 9.87. The number of ether oxygens (including phenoxy) is 1. The van der Waals surface area contributed by atoms with Crippen LogP contribution in [0.5, 0.6) is 5.75 Å². The molecule has 0 radical (unpaired) electrons. The van der Waals surface area contributed by atoms with Gasteiger partial charge in [-0.05, 0) is 51.5 Å². The number of hydrogen-bond donors (Lipinski definition) is 1. The maximum Gasteiger partial charge on any atom is 0.119 e. The molecule has 2 heteroatoms. The third kappa shape index (κ3) is 6.20. The summed E-state index contributed by atoms with van der Waals surface area (Å²) in [6, 6.07) is 8.00. The van der Waals surface area contributed by atoms with E-state index in [4.69, 9.17) is 4.74 Å². The lowest BCUT2D eigenvalue weighted by molar-refractivity contribution is 0.317. The molecule has 0 aliphatic carbocycles. The molecular weight excluding hydrogens is 222 g/mol. The maximum absolute atomic E-state index is 5.52. The highest BCUT2D eigenvalue weighted by Crippen LogP contribution is 2.15. The standard InChI is InChI=1S/C16H23NO/c1-5-13-18-15-9-7-14(8-10-15)17-12-6-11-16(2,3)4/h7-10,17H,5,12-13H2,1-4H3. The average Bonchev–Trinajstić information content (AvgIpc) is 2.32. The molecule has 0 aromatic heterocycles. The van der Waals surface area contributed by atoms with E-state index in [9.17, 15) is 0 Å². The second-order valence-electron chi connectivity index (χ2n) is 5.28. The van der Waals surface area contributed by atoms with Crippen LogP contribution in [0.2, 0.25) is 0 Å². The normalized spacial score (nSPS) is 10.4. The van der Waals surface area contributed by atoms with Crippen molar-refractivity contribution >= 4 is 5.69 Å². The fourth-order valence-electron chi connectivity index (χ4n) is 1.34. The van der Waals surface area contributed by atoms with Gasteiger partial charge in [-0.15, -0.1) is 0 Å². The molecule has 1 rings (SSSR count). The van der Waals surface area contributed by atoms with Gasteiger partial charge >= 0.3 is 0 Å². The molecule has 0 fully saturated rings. The van der Waals surface area contributed by atoms with Gasteiger partial charge in [0.25, 0.3) is 0 Å². The molecule has 0 aliphatic rings. The van der Waals surface area contributed by atoms with Crippen molar-refractivity contribution in [3.8, 4) is 17.6 Å². The number of benzene rings is 1. The Morgan fingerprint density at radius 3 is 2.39 bits per heavy atom. The molecule has 0 unspecified atom stereocenters. The predicted molar refractivity (Wildman–Crippen MR) is 77.9 cm³/mol. The van der Waals surface area contributed by atoms with Gasteiger partial charge in [-0.25, -0.2) is 0 Å². The third-order valence-corrected chi connectivity index (χ3v) is 2.17. The van der Waals surface area contributed by atoms with Gasteiger partial charge in [-0.3, -0.25) is 0 Å². The number of hydrogen-bond acceptors (Lipinski definition) is 2. The second-order valence-corrected chi connectivity index (χ2v) is 5.28. The van der Waals surface area contributed by atoms with Crippen molar-refractivity contribution < 1.29 is 4.74 Å².